The molecular formula is C41H39N7O. The van der Waals surface area contributed by atoms with Crippen molar-refractivity contribution in [3.63, 3.8) is 0 Å². The Kier molecular flexibility index (Phi) is 9.10. The Morgan fingerprint density at radius 1 is 0.816 bits per heavy atom. The first kappa shape index (κ1) is 31.3. The van der Waals surface area contributed by atoms with Crippen molar-refractivity contribution in [3.05, 3.63) is 159 Å². The monoisotopic (exact) mass is 645 g/mol. The van der Waals surface area contributed by atoms with Crippen molar-refractivity contribution in [1.82, 2.24) is 19.9 Å². The van der Waals surface area contributed by atoms with Gasteiger partial charge in [-0.3, -0.25) is 4.98 Å². The third-order valence-electron chi connectivity index (χ3n) is 8.51. The van der Waals surface area contributed by atoms with Crippen LogP contribution in [0.15, 0.2) is 121 Å². The Morgan fingerprint density at radius 3 is 2.35 bits per heavy atom. The summed E-state index contributed by atoms with van der Waals surface area (Å²) < 4.78 is 5.54. The van der Waals surface area contributed by atoms with Crippen molar-refractivity contribution in [3.8, 4) is 5.75 Å². The number of nitrogens with one attached hydrogen (secondary N) is 5. The van der Waals surface area contributed by atoms with Crippen LogP contribution in [-0.4, -0.2) is 33.6 Å². The van der Waals surface area contributed by atoms with E-state index in [2.05, 4.69) is 123 Å². The van der Waals surface area contributed by atoms with Crippen LogP contribution in [0.2, 0.25) is 0 Å². The van der Waals surface area contributed by atoms with Crippen LogP contribution >= 0.6 is 0 Å². The summed E-state index contributed by atoms with van der Waals surface area (Å²) in [5.41, 5.74) is 10.1. The molecule has 4 aromatic heterocycles. The van der Waals surface area contributed by atoms with Gasteiger partial charge in [0.25, 0.3) is 0 Å². The molecule has 0 amide bonds. The molecule has 0 atom stereocenters. The van der Waals surface area contributed by atoms with Crippen LogP contribution in [0.4, 0.5) is 17.1 Å². The Morgan fingerprint density at radius 2 is 1.57 bits per heavy atom. The molecule has 0 saturated heterocycles. The van der Waals surface area contributed by atoms with Gasteiger partial charge < -0.3 is 30.3 Å². The molecule has 49 heavy (non-hydrogen) atoms. The summed E-state index contributed by atoms with van der Waals surface area (Å²) in [6.07, 6.45) is 10.8. The van der Waals surface area contributed by atoms with Gasteiger partial charge in [-0.05, 0) is 98.1 Å². The predicted octanol–water partition coefficient (Wildman–Crippen LogP) is 5.98. The number of nitrogens with zero attached hydrogens (tertiary/aromatic N) is 2. The molecule has 8 rings (SSSR count). The average Bonchev–Trinajstić information content (AvgIpc) is 3.91. The zero-order valence-corrected chi connectivity index (χ0v) is 27.8. The fourth-order valence-corrected chi connectivity index (χ4v) is 6.02. The van der Waals surface area contributed by atoms with E-state index in [1.807, 2.05) is 36.4 Å². The molecule has 8 heteroatoms. The van der Waals surface area contributed by atoms with Crippen LogP contribution in [0.25, 0.3) is 28.8 Å². The molecule has 0 unspecified atom stereocenters. The van der Waals surface area contributed by atoms with E-state index in [0.29, 0.717) is 0 Å². The van der Waals surface area contributed by atoms with E-state index in [-0.39, 0.29) is 0 Å². The highest BCUT2D eigenvalue weighted by Gasteiger charge is 2.07. The number of ether oxygens (including phenoxy) is 1. The van der Waals surface area contributed by atoms with Gasteiger partial charge in [-0.2, -0.15) is 0 Å². The number of aryl methyl sites for hydroxylation is 2. The van der Waals surface area contributed by atoms with Gasteiger partial charge >= 0.3 is 0 Å². The van der Waals surface area contributed by atoms with Crippen molar-refractivity contribution in [2.45, 2.75) is 20.3 Å². The fourth-order valence-electron chi connectivity index (χ4n) is 6.02. The highest BCUT2D eigenvalue weighted by molar-refractivity contribution is 5.83. The van der Waals surface area contributed by atoms with E-state index in [4.69, 9.17) is 9.73 Å². The maximum atomic E-state index is 5.54. The van der Waals surface area contributed by atoms with Crippen molar-refractivity contribution in [2.24, 2.45) is 4.99 Å². The molecule has 0 fully saturated rings. The fraction of sp³-hybridized carbons (Fsp3) is 0.122. The minimum Gasteiger partial charge on any atom is -0.494 e. The van der Waals surface area contributed by atoms with Crippen molar-refractivity contribution in [2.75, 3.05) is 24.3 Å². The first-order chi connectivity index (χ1) is 24.0. The summed E-state index contributed by atoms with van der Waals surface area (Å²) in [4.78, 5) is 18.8. The molecule has 5 N–H and O–H groups in total. The van der Waals surface area contributed by atoms with Crippen molar-refractivity contribution < 1.29 is 4.74 Å². The average molecular weight is 646 g/mol. The molecular weight excluding hydrogens is 606 g/mol. The Hall–Kier alpha value is -6.28. The minimum atomic E-state index is 0.809. The molecule has 8 nitrogen and oxygen atoms in total. The van der Waals surface area contributed by atoms with Crippen LogP contribution in [-0.2, 0) is 6.42 Å². The van der Waals surface area contributed by atoms with Crippen LogP contribution in [0.3, 0.4) is 0 Å². The maximum absolute atomic E-state index is 5.54. The predicted molar refractivity (Wildman–Crippen MR) is 200 cm³/mol. The number of aromatic nitrogens is 4. The lowest BCUT2D eigenvalue weighted by molar-refractivity contribution is 0.412. The number of para-hydroxylation sites is 2. The summed E-state index contributed by atoms with van der Waals surface area (Å²) in [5, 5.41) is 12.2. The van der Waals surface area contributed by atoms with E-state index in [9.17, 15) is 0 Å². The van der Waals surface area contributed by atoms with E-state index >= 15 is 0 Å². The zero-order valence-electron chi connectivity index (χ0n) is 27.8. The first-order valence-corrected chi connectivity index (χ1v) is 16.4. The number of pyridine rings is 1. The topological polar surface area (TPSA) is 106 Å². The lowest BCUT2D eigenvalue weighted by atomic mass is 10.1. The van der Waals surface area contributed by atoms with Crippen LogP contribution in [0.1, 0.15) is 22.5 Å². The largest absolute Gasteiger partial charge is 0.494 e. The summed E-state index contributed by atoms with van der Waals surface area (Å²) >= 11 is 0. The number of H-pyrrole nitrogens is 3. The van der Waals surface area contributed by atoms with Crippen LogP contribution < -0.4 is 36.6 Å². The molecule has 1 aliphatic rings. The summed E-state index contributed by atoms with van der Waals surface area (Å²) in [5.74, 6) is 0.809. The van der Waals surface area contributed by atoms with Crippen LogP contribution in [0, 0.1) is 13.8 Å². The Balaban J connectivity index is 0.000000154. The second-order valence-corrected chi connectivity index (χ2v) is 12.0. The second kappa shape index (κ2) is 14.2. The molecule has 0 spiro atoms. The SMILES string of the molecule is COc1c/c(=C2\C=c3ccccc3=N2)[nH]/c1=C/c1[nH]c(C)cc1C.c1ccc2c(CCNc3ccc(Nc4ccncc4)cc3)c[nH]c2c1. The number of anilines is 3. The van der Waals surface area contributed by atoms with Crippen molar-refractivity contribution >= 4 is 45.8 Å². The maximum Gasteiger partial charge on any atom is 0.144 e. The number of hydrogen-bond acceptors (Lipinski definition) is 5. The van der Waals surface area contributed by atoms with E-state index in [1.165, 1.54) is 22.0 Å². The van der Waals surface area contributed by atoms with Gasteiger partial charge in [0.1, 0.15) is 5.75 Å². The third-order valence-corrected chi connectivity index (χ3v) is 8.51. The number of benzene rings is 3. The number of rotatable bonds is 8. The van der Waals surface area contributed by atoms with Crippen molar-refractivity contribution in [1.29, 1.82) is 0 Å². The standard InChI is InChI=1S/C21H20N4.C20H19N3O/c1-2-4-21-20(3-1)16(15-24-21)9-14-23-17-5-7-18(8-6-17)25-19-10-12-22-13-11-19;1-12-8-13(2)21-16(12)10-19-20(24-3)11-18(23-19)17-9-14-6-4-5-7-15(14)22-17/h1-8,10-13,15,23-24H,9,14H2,(H,22,25);4-11,21,23H,1-3H3/b;18-17-,19-10+. The smallest absolute Gasteiger partial charge is 0.144 e. The second-order valence-electron chi connectivity index (χ2n) is 12.0. The highest BCUT2D eigenvalue weighted by Crippen LogP contribution is 2.20. The number of methoxy groups -OCH3 is 1. The quantitative estimate of drug-likeness (QED) is 0.140. The van der Waals surface area contributed by atoms with Gasteiger partial charge in [0.05, 0.1) is 28.9 Å². The normalized spacial score (nSPS) is 13.2. The Labute approximate surface area is 284 Å². The molecule has 7 aromatic rings. The summed E-state index contributed by atoms with van der Waals surface area (Å²) in [7, 11) is 1.69. The van der Waals surface area contributed by atoms with E-state index in [1.54, 1.807) is 19.5 Å². The molecule has 0 saturated carbocycles. The van der Waals surface area contributed by atoms with Crippen LogP contribution in [0.5, 0.6) is 5.75 Å². The van der Waals surface area contributed by atoms with Gasteiger partial charge in [0, 0.05) is 75.8 Å². The lowest BCUT2D eigenvalue weighted by Crippen LogP contribution is -2.19. The molecule has 1 aliphatic heterocycles. The molecule has 0 aliphatic carbocycles. The zero-order chi connectivity index (χ0) is 33.6. The molecule has 0 bridgehead atoms. The van der Waals surface area contributed by atoms with Gasteiger partial charge in [0.15, 0.2) is 0 Å². The highest BCUT2D eigenvalue weighted by atomic mass is 16.5. The molecule has 5 heterocycles. The lowest BCUT2D eigenvalue weighted by Gasteiger charge is -2.09. The number of aromatic amines is 3. The molecule has 0 radical (unpaired) electrons. The number of hydrogen-bond donors (Lipinski definition) is 5. The molecule has 244 valence electrons. The molecule has 3 aromatic carbocycles. The Bertz CT molecular complexity index is 2420. The summed E-state index contributed by atoms with van der Waals surface area (Å²) in [6, 6.07) is 32.9. The van der Waals surface area contributed by atoms with Gasteiger partial charge in [-0.15, -0.1) is 0 Å². The minimum absolute atomic E-state index is 0.809. The summed E-state index contributed by atoms with van der Waals surface area (Å²) in [6.45, 7) is 5.05. The van der Waals surface area contributed by atoms with Gasteiger partial charge in [-0.25, -0.2) is 4.99 Å². The third kappa shape index (κ3) is 7.34. The number of fused-ring (bicyclic) bond motifs is 2. The van der Waals surface area contributed by atoms with E-state index < -0.39 is 0 Å². The first-order valence-electron chi connectivity index (χ1n) is 16.4. The van der Waals surface area contributed by atoms with E-state index in [0.717, 1.165) is 74.1 Å². The van der Waals surface area contributed by atoms with Gasteiger partial charge in [-0.1, -0.05) is 36.4 Å². The van der Waals surface area contributed by atoms with Gasteiger partial charge in [0.2, 0.25) is 0 Å².